The van der Waals surface area contributed by atoms with Crippen molar-refractivity contribution in [2.45, 2.75) is 43.2 Å². The first-order valence-electron chi connectivity index (χ1n) is 10.4. The van der Waals surface area contributed by atoms with Gasteiger partial charge in [0.2, 0.25) is 5.91 Å². The van der Waals surface area contributed by atoms with Gasteiger partial charge in [-0.2, -0.15) is 5.26 Å². The van der Waals surface area contributed by atoms with Crippen molar-refractivity contribution in [2.24, 2.45) is 0 Å². The zero-order valence-corrected chi connectivity index (χ0v) is 20.1. The molecule has 1 aromatic rings. The number of sulfone groups is 1. The highest BCUT2D eigenvalue weighted by Gasteiger charge is 2.29. The zero-order valence-electron chi connectivity index (χ0n) is 19.3. The van der Waals surface area contributed by atoms with Crippen LogP contribution in [0.15, 0.2) is 41.3 Å². The maximum absolute atomic E-state index is 12.3. The van der Waals surface area contributed by atoms with Crippen molar-refractivity contribution >= 4 is 33.4 Å². The van der Waals surface area contributed by atoms with Gasteiger partial charge in [0.25, 0.3) is 0 Å². The number of amides is 1. The van der Waals surface area contributed by atoms with E-state index in [1.54, 1.807) is 29.2 Å². The number of carbonyl (C=O) groups is 3. The largest absolute Gasteiger partial charge is 0.478 e. The van der Waals surface area contributed by atoms with E-state index >= 15 is 0 Å². The maximum atomic E-state index is 12.3. The van der Waals surface area contributed by atoms with Gasteiger partial charge in [0, 0.05) is 42.7 Å². The fraction of sp³-hybridized carbons (Fsp3) is 0.455. The summed E-state index contributed by atoms with van der Waals surface area (Å²) in [5.41, 5.74) is 0.454. The monoisotopic (exact) mass is 494 g/mol. The highest BCUT2D eigenvalue weighted by atomic mass is 32.2. The smallest absolute Gasteiger partial charge is 0.328 e. The molecule has 1 fully saturated rings. The topological polar surface area (TPSA) is 177 Å². The predicted molar refractivity (Wildman–Crippen MR) is 125 cm³/mol. The number of aliphatic carboxylic acids is 2. The molecule has 0 spiro atoms. The number of carboxylic acids is 2. The van der Waals surface area contributed by atoms with Crippen LogP contribution in [0.5, 0.6) is 0 Å². The number of nitrogens with zero attached hydrogens (tertiary/aromatic N) is 2. The van der Waals surface area contributed by atoms with Crippen LogP contribution in [0.3, 0.4) is 0 Å². The molecule has 1 heterocycles. The van der Waals surface area contributed by atoms with Crippen LogP contribution >= 0.6 is 0 Å². The highest BCUT2D eigenvalue weighted by molar-refractivity contribution is 7.90. The van der Waals surface area contributed by atoms with E-state index < -0.39 is 21.8 Å². The number of likely N-dealkylation sites (tertiary alicyclic amines) is 1. The summed E-state index contributed by atoms with van der Waals surface area (Å²) in [7, 11) is -3.20. The standard InChI is InChI=1S/C18H26N4O3S.C4H4O4/c1-18(2,21-12-17(23)22-10-4-5-15(22)11-19)13-20-14-6-8-16(9-7-14)26(3,24)25;5-3(6)1-2-4(7)8/h6-9,15,20-21H,4-5,10,12-13H2,1-3H3;1-2H,(H,5,6)(H,7,8)/b;2-1+/t15-;/m0./s1. The minimum Gasteiger partial charge on any atom is -0.478 e. The lowest BCUT2D eigenvalue weighted by Crippen LogP contribution is -2.50. The van der Waals surface area contributed by atoms with E-state index in [1.165, 1.54) is 6.26 Å². The number of hydrogen-bond donors (Lipinski definition) is 4. The first kappa shape index (κ1) is 28.6. The molecule has 1 amide bonds. The summed E-state index contributed by atoms with van der Waals surface area (Å²) in [6.07, 6.45) is 3.91. The lowest BCUT2D eigenvalue weighted by Gasteiger charge is -2.29. The quantitative estimate of drug-likeness (QED) is 0.363. The highest BCUT2D eigenvalue weighted by Crippen LogP contribution is 2.17. The second kappa shape index (κ2) is 12.7. The van der Waals surface area contributed by atoms with Crippen LogP contribution in [0, 0.1) is 11.3 Å². The van der Waals surface area contributed by atoms with Crippen LogP contribution in [-0.4, -0.2) is 78.8 Å². The molecular formula is C22H30N4O7S. The van der Waals surface area contributed by atoms with Gasteiger partial charge in [-0.3, -0.25) is 4.79 Å². The average Bonchev–Trinajstić information content (AvgIpc) is 3.24. The molecule has 11 nitrogen and oxygen atoms in total. The minimum absolute atomic E-state index is 0.0559. The molecule has 1 aromatic carbocycles. The van der Waals surface area contributed by atoms with Gasteiger partial charge in [0.15, 0.2) is 9.84 Å². The SMILES string of the molecule is CC(C)(CNc1ccc(S(C)(=O)=O)cc1)NCC(=O)N1CCC[C@H]1C#N.O=C(O)/C=C/C(=O)O. The van der Waals surface area contributed by atoms with Gasteiger partial charge in [-0.1, -0.05) is 0 Å². The van der Waals surface area contributed by atoms with E-state index in [1.807, 2.05) is 13.8 Å². The summed E-state index contributed by atoms with van der Waals surface area (Å²) in [4.78, 5) is 33.3. The number of carbonyl (C=O) groups excluding carboxylic acids is 1. The van der Waals surface area contributed by atoms with E-state index in [-0.39, 0.29) is 28.9 Å². The maximum Gasteiger partial charge on any atom is 0.328 e. The van der Waals surface area contributed by atoms with Crippen LogP contribution in [-0.2, 0) is 24.2 Å². The Balaban J connectivity index is 0.000000620. The Hall–Kier alpha value is -3.43. The van der Waals surface area contributed by atoms with Crippen LogP contribution in [0.2, 0.25) is 0 Å². The second-order valence-corrected chi connectivity index (χ2v) is 10.3. The van der Waals surface area contributed by atoms with E-state index in [0.29, 0.717) is 25.2 Å². The first-order chi connectivity index (χ1) is 15.7. The van der Waals surface area contributed by atoms with Crippen LogP contribution in [0.4, 0.5) is 5.69 Å². The Kier molecular flexibility index (Phi) is 10.7. The van der Waals surface area contributed by atoms with Gasteiger partial charge in [-0.05, 0) is 51.0 Å². The molecule has 0 aliphatic carbocycles. The Labute approximate surface area is 199 Å². The molecule has 12 heteroatoms. The number of nitriles is 1. The third-order valence-corrected chi connectivity index (χ3v) is 5.95. The molecule has 0 aromatic heterocycles. The number of hydrogen-bond acceptors (Lipinski definition) is 8. The summed E-state index contributed by atoms with van der Waals surface area (Å²) in [6, 6.07) is 8.45. The van der Waals surface area contributed by atoms with E-state index in [0.717, 1.165) is 18.5 Å². The van der Waals surface area contributed by atoms with Crippen molar-refractivity contribution in [1.29, 1.82) is 5.26 Å². The molecule has 4 N–H and O–H groups in total. The molecule has 1 saturated heterocycles. The number of rotatable bonds is 9. The van der Waals surface area contributed by atoms with Crippen LogP contribution in [0.25, 0.3) is 0 Å². The summed E-state index contributed by atoms with van der Waals surface area (Å²) < 4.78 is 23.0. The fourth-order valence-corrected chi connectivity index (χ4v) is 3.59. The van der Waals surface area contributed by atoms with Crippen LogP contribution < -0.4 is 10.6 Å². The third-order valence-electron chi connectivity index (χ3n) is 4.83. The molecule has 0 radical (unpaired) electrons. The van der Waals surface area contributed by atoms with Crippen molar-refractivity contribution in [3.63, 3.8) is 0 Å². The van der Waals surface area contributed by atoms with E-state index in [4.69, 9.17) is 15.5 Å². The molecule has 1 aliphatic heterocycles. The summed E-state index contributed by atoms with van der Waals surface area (Å²) >= 11 is 0. The number of carboxylic acid groups (broad SMARTS) is 2. The molecule has 0 bridgehead atoms. The van der Waals surface area contributed by atoms with Gasteiger partial charge in [0.05, 0.1) is 17.5 Å². The molecule has 186 valence electrons. The van der Waals surface area contributed by atoms with Crippen molar-refractivity contribution in [3.8, 4) is 6.07 Å². The Morgan fingerprint density at radius 3 is 2.21 bits per heavy atom. The Bertz CT molecular complexity index is 1030. The van der Waals surface area contributed by atoms with Gasteiger partial charge >= 0.3 is 11.9 Å². The molecule has 1 aliphatic rings. The lowest BCUT2D eigenvalue weighted by molar-refractivity contribution is -0.134. The van der Waals surface area contributed by atoms with Gasteiger partial charge in [0.1, 0.15) is 6.04 Å². The number of benzene rings is 1. The molecule has 2 rings (SSSR count). The number of anilines is 1. The minimum atomic E-state index is -3.20. The Morgan fingerprint density at radius 2 is 1.74 bits per heavy atom. The number of nitrogens with one attached hydrogen (secondary N) is 2. The summed E-state index contributed by atoms with van der Waals surface area (Å²) in [5, 5.41) is 31.2. The molecule has 1 atom stereocenters. The normalized spacial score (nSPS) is 15.8. The average molecular weight is 495 g/mol. The van der Waals surface area contributed by atoms with Crippen molar-refractivity contribution in [1.82, 2.24) is 10.2 Å². The second-order valence-electron chi connectivity index (χ2n) is 8.27. The lowest BCUT2D eigenvalue weighted by atomic mass is 10.1. The van der Waals surface area contributed by atoms with Crippen molar-refractivity contribution < 1.29 is 33.0 Å². The summed E-state index contributed by atoms with van der Waals surface area (Å²) in [6.45, 7) is 5.33. The van der Waals surface area contributed by atoms with Crippen molar-refractivity contribution in [3.05, 3.63) is 36.4 Å². The van der Waals surface area contributed by atoms with Gasteiger partial charge in [-0.15, -0.1) is 0 Å². The predicted octanol–water partition coefficient (Wildman–Crippen LogP) is 1.10. The molecule has 0 unspecified atom stereocenters. The van der Waals surface area contributed by atoms with Gasteiger partial charge < -0.3 is 25.7 Å². The van der Waals surface area contributed by atoms with Gasteiger partial charge in [-0.25, -0.2) is 18.0 Å². The molecular weight excluding hydrogens is 464 g/mol. The molecule has 0 saturated carbocycles. The third kappa shape index (κ3) is 10.5. The van der Waals surface area contributed by atoms with E-state index in [9.17, 15) is 22.8 Å². The Morgan fingerprint density at radius 1 is 1.18 bits per heavy atom. The zero-order chi connectivity index (χ0) is 25.9. The van der Waals surface area contributed by atoms with Crippen LogP contribution in [0.1, 0.15) is 26.7 Å². The fourth-order valence-electron chi connectivity index (χ4n) is 2.96. The first-order valence-corrected chi connectivity index (χ1v) is 12.3. The summed E-state index contributed by atoms with van der Waals surface area (Å²) in [5.74, 6) is -2.57. The van der Waals surface area contributed by atoms with E-state index in [2.05, 4.69) is 16.7 Å². The van der Waals surface area contributed by atoms with Crippen molar-refractivity contribution in [2.75, 3.05) is 31.2 Å². The molecule has 34 heavy (non-hydrogen) atoms.